The third kappa shape index (κ3) is 3.99. The number of urea groups is 1. The Kier molecular flexibility index (Phi) is 5.03. The summed E-state index contributed by atoms with van der Waals surface area (Å²) in [6.45, 7) is 0.722. The van der Waals surface area contributed by atoms with Crippen LogP contribution < -0.4 is 4.74 Å². The lowest BCUT2D eigenvalue weighted by atomic mass is 10.1. The van der Waals surface area contributed by atoms with Crippen LogP contribution in [0, 0.1) is 0 Å². The second kappa shape index (κ2) is 7.79. The first-order valence-corrected chi connectivity index (χ1v) is 9.33. The third-order valence-corrected chi connectivity index (χ3v) is 4.93. The van der Waals surface area contributed by atoms with Crippen molar-refractivity contribution in [2.75, 3.05) is 13.7 Å². The standard InChI is InChI=1S/C22H22N4O3/c1-24-13-20(23-15-24)18-5-3-4-17(10-18)11-25-14-21(27)26(22(25)28)12-16-6-8-19(29-2)9-7-16/h3-10,13,15H,11-12,14H2,1-2H3. The molecule has 2 aromatic carbocycles. The minimum absolute atomic E-state index is 0.0861. The van der Waals surface area contributed by atoms with E-state index in [4.69, 9.17) is 4.74 Å². The molecule has 0 spiro atoms. The van der Waals surface area contributed by atoms with Crippen LogP contribution in [-0.4, -0.2) is 44.9 Å². The number of hydrogen-bond acceptors (Lipinski definition) is 4. The van der Waals surface area contributed by atoms with Gasteiger partial charge in [-0.05, 0) is 29.3 Å². The first kappa shape index (κ1) is 18.7. The number of carbonyl (C=O) groups excluding carboxylic acids is 2. The van der Waals surface area contributed by atoms with E-state index in [0.29, 0.717) is 6.54 Å². The van der Waals surface area contributed by atoms with E-state index in [-0.39, 0.29) is 25.0 Å². The van der Waals surface area contributed by atoms with E-state index >= 15 is 0 Å². The summed E-state index contributed by atoms with van der Waals surface area (Å²) in [5.74, 6) is 0.550. The fourth-order valence-electron chi connectivity index (χ4n) is 3.40. The van der Waals surface area contributed by atoms with Crippen molar-refractivity contribution in [2.24, 2.45) is 7.05 Å². The Morgan fingerprint density at radius 3 is 2.52 bits per heavy atom. The van der Waals surface area contributed by atoms with Gasteiger partial charge < -0.3 is 14.2 Å². The molecule has 7 nitrogen and oxygen atoms in total. The number of nitrogens with zero attached hydrogens (tertiary/aromatic N) is 4. The fraction of sp³-hybridized carbons (Fsp3) is 0.227. The molecule has 0 aliphatic carbocycles. The molecule has 3 aromatic rings. The molecule has 1 aliphatic rings. The minimum atomic E-state index is -0.269. The number of aryl methyl sites for hydroxylation is 1. The molecule has 7 heteroatoms. The average Bonchev–Trinajstić information content (AvgIpc) is 3.27. The molecule has 4 rings (SSSR count). The predicted octanol–water partition coefficient (Wildman–Crippen LogP) is 3.06. The minimum Gasteiger partial charge on any atom is -0.497 e. The Morgan fingerprint density at radius 2 is 1.83 bits per heavy atom. The maximum Gasteiger partial charge on any atom is 0.327 e. The van der Waals surface area contributed by atoms with Gasteiger partial charge in [-0.1, -0.05) is 30.3 Å². The van der Waals surface area contributed by atoms with Crippen molar-refractivity contribution in [3.05, 3.63) is 72.2 Å². The molecule has 0 atom stereocenters. The van der Waals surface area contributed by atoms with Crippen LogP contribution in [0.3, 0.4) is 0 Å². The molecule has 3 amide bonds. The number of imide groups is 1. The second-order valence-corrected chi connectivity index (χ2v) is 7.09. The molecular weight excluding hydrogens is 368 g/mol. The van der Waals surface area contributed by atoms with Crippen LogP contribution in [0.25, 0.3) is 11.3 Å². The van der Waals surface area contributed by atoms with Gasteiger partial charge in [0.25, 0.3) is 5.91 Å². The average molecular weight is 390 g/mol. The summed E-state index contributed by atoms with van der Waals surface area (Å²) in [7, 11) is 3.52. The Balaban J connectivity index is 1.46. The highest BCUT2D eigenvalue weighted by molar-refractivity contribution is 6.01. The van der Waals surface area contributed by atoms with Gasteiger partial charge in [0.2, 0.25) is 0 Å². The summed E-state index contributed by atoms with van der Waals surface area (Å²) in [4.78, 5) is 32.5. The summed E-state index contributed by atoms with van der Waals surface area (Å²) in [6.07, 6.45) is 3.70. The van der Waals surface area contributed by atoms with E-state index in [2.05, 4.69) is 4.98 Å². The van der Waals surface area contributed by atoms with Crippen molar-refractivity contribution in [3.8, 4) is 17.0 Å². The highest BCUT2D eigenvalue weighted by Gasteiger charge is 2.35. The first-order valence-electron chi connectivity index (χ1n) is 9.33. The second-order valence-electron chi connectivity index (χ2n) is 7.09. The highest BCUT2D eigenvalue weighted by Crippen LogP contribution is 2.22. The van der Waals surface area contributed by atoms with Crippen molar-refractivity contribution in [2.45, 2.75) is 13.1 Å². The lowest BCUT2D eigenvalue weighted by molar-refractivity contribution is -0.125. The summed E-state index contributed by atoms with van der Waals surface area (Å²) < 4.78 is 7.04. The number of ether oxygens (including phenoxy) is 1. The van der Waals surface area contributed by atoms with E-state index in [1.807, 2.05) is 66.3 Å². The maximum atomic E-state index is 12.8. The van der Waals surface area contributed by atoms with Gasteiger partial charge in [-0.3, -0.25) is 9.69 Å². The van der Waals surface area contributed by atoms with Gasteiger partial charge in [-0.25, -0.2) is 9.78 Å². The smallest absolute Gasteiger partial charge is 0.327 e. The summed E-state index contributed by atoms with van der Waals surface area (Å²) in [5, 5.41) is 0. The number of amides is 3. The van der Waals surface area contributed by atoms with Gasteiger partial charge in [0, 0.05) is 25.4 Å². The molecule has 0 N–H and O–H groups in total. The molecule has 0 bridgehead atoms. The molecule has 1 saturated heterocycles. The predicted molar refractivity (Wildman–Crippen MR) is 108 cm³/mol. The van der Waals surface area contributed by atoms with Crippen LogP contribution in [0.1, 0.15) is 11.1 Å². The van der Waals surface area contributed by atoms with Crippen LogP contribution in [-0.2, 0) is 24.9 Å². The summed E-state index contributed by atoms with van der Waals surface area (Å²) >= 11 is 0. The van der Waals surface area contributed by atoms with Crippen LogP contribution in [0.2, 0.25) is 0 Å². The summed E-state index contributed by atoms with van der Waals surface area (Å²) in [6, 6.07) is 15.0. The van der Waals surface area contributed by atoms with Gasteiger partial charge in [-0.2, -0.15) is 0 Å². The summed E-state index contributed by atoms with van der Waals surface area (Å²) in [5.41, 5.74) is 3.70. The lowest BCUT2D eigenvalue weighted by Gasteiger charge is -2.17. The number of hydrogen-bond donors (Lipinski definition) is 0. The van der Waals surface area contributed by atoms with Crippen LogP contribution in [0.4, 0.5) is 4.79 Å². The maximum absolute atomic E-state index is 12.8. The third-order valence-electron chi connectivity index (χ3n) is 4.93. The molecule has 0 unspecified atom stereocenters. The van der Waals surface area contributed by atoms with Crippen molar-refractivity contribution < 1.29 is 14.3 Å². The van der Waals surface area contributed by atoms with E-state index in [1.165, 1.54) is 4.90 Å². The van der Waals surface area contributed by atoms with Crippen LogP contribution in [0.5, 0.6) is 5.75 Å². The zero-order valence-electron chi connectivity index (χ0n) is 16.4. The SMILES string of the molecule is COc1ccc(CN2C(=O)CN(Cc3cccc(-c4cn(C)cn4)c3)C2=O)cc1. The molecule has 1 fully saturated rings. The number of aromatic nitrogens is 2. The highest BCUT2D eigenvalue weighted by atomic mass is 16.5. The van der Waals surface area contributed by atoms with E-state index in [0.717, 1.165) is 28.1 Å². The van der Waals surface area contributed by atoms with E-state index in [1.54, 1.807) is 18.3 Å². The van der Waals surface area contributed by atoms with E-state index in [9.17, 15) is 9.59 Å². The molecule has 148 valence electrons. The normalized spacial score (nSPS) is 14.0. The molecule has 0 radical (unpaired) electrons. The first-order chi connectivity index (χ1) is 14.0. The van der Waals surface area contributed by atoms with Crippen molar-refractivity contribution >= 4 is 11.9 Å². The Morgan fingerprint density at radius 1 is 1.03 bits per heavy atom. The molecule has 1 aromatic heterocycles. The zero-order chi connectivity index (χ0) is 20.4. The number of imidazole rings is 1. The molecule has 2 heterocycles. The molecule has 1 aliphatic heterocycles. The van der Waals surface area contributed by atoms with Gasteiger partial charge in [0.1, 0.15) is 12.3 Å². The molecule has 0 saturated carbocycles. The monoisotopic (exact) mass is 390 g/mol. The van der Waals surface area contributed by atoms with Crippen molar-refractivity contribution in [3.63, 3.8) is 0 Å². The van der Waals surface area contributed by atoms with Gasteiger partial charge >= 0.3 is 6.03 Å². The molecular formula is C22H22N4O3. The Hall–Kier alpha value is -3.61. The van der Waals surface area contributed by atoms with Gasteiger partial charge in [0.15, 0.2) is 0 Å². The number of benzene rings is 2. The fourth-order valence-corrected chi connectivity index (χ4v) is 3.40. The topological polar surface area (TPSA) is 67.7 Å². The lowest BCUT2D eigenvalue weighted by Crippen LogP contribution is -2.32. The Labute approximate surface area is 169 Å². The van der Waals surface area contributed by atoms with Crippen LogP contribution in [0.15, 0.2) is 61.1 Å². The quantitative estimate of drug-likeness (QED) is 0.607. The van der Waals surface area contributed by atoms with Gasteiger partial charge in [0.05, 0.1) is 25.7 Å². The number of methoxy groups -OCH3 is 1. The number of carbonyl (C=O) groups is 2. The molecule has 29 heavy (non-hydrogen) atoms. The largest absolute Gasteiger partial charge is 0.497 e. The van der Waals surface area contributed by atoms with Crippen molar-refractivity contribution in [1.82, 2.24) is 19.4 Å². The number of rotatable bonds is 6. The van der Waals surface area contributed by atoms with Gasteiger partial charge in [-0.15, -0.1) is 0 Å². The zero-order valence-corrected chi connectivity index (χ0v) is 16.4. The van der Waals surface area contributed by atoms with E-state index < -0.39 is 0 Å². The van der Waals surface area contributed by atoms with Crippen LogP contribution >= 0.6 is 0 Å². The van der Waals surface area contributed by atoms with Crippen molar-refractivity contribution in [1.29, 1.82) is 0 Å². The Bertz CT molecular complexity index is 1040.